The topological polar surface area (TPSA) is 94.1 Å². The van der Waals surface area contributed by atoms with Crippen LogP contribution >= 0.6 is 0 Å². The highest BCUT2D eigenvalue weighted by molar-refractivity contribution is 5.63. The molecule has 0 radical (unpaired) electrons. The zero-order valence-corrected chi connectivity index (χ0v) is 19.8. The quantitative estimate of drug-likeness (QED) is 0.552. The van der Waals surface area contributed by atoms with E-state index in [-0.39, 0.29) is 5.82 Å². The van der Waals surface area contributed by atoms with Crippen molar-refractivity contribution in [2.75, 3.05) is 43.4 Å². The molecule has 34 heavy (non-hydrogen) atoms. The van der Waals surface area contributed by atoms with Gasteiger partial charge in [0.1, 0.15) is 18.0 Å². The number of imidazole rings is 1. The Hall–Kier alpha value is -3.20. The summed E-state index contributed by atoms with van der Waals surface area (Å²) >= 11 is 0. The molecule has 8 nitrogen and oxygen atoms in total. The third-order valence-electron chi connectivity index (χ3n) is 6.84. The number of hydrogen-bond donors (Lipinski definition) is 2. The molecular weight excluding hydrogens is 433 g/mol. The van der Waals surface area contributed by atoms with Crippen molar-refractivity contribution in [1.29, 1.82) is 0 Å². The SMILES string of the molecule is CCOc1c(N)ncnc1N1CCC(c2nc(-c3ccc(F)c(C)c3)cn2CC2CNC2)CC1. The summed E-state index contributed by atoms with van der Waals surface area (Å²) in [5, 5.41) is 3.36. The van der Waals surface area contributed by atoms with Gasteiger partial charge in [-0.1, -0.05) is 0 Å². The van der Waals surface area contributed by atoms with Gasteiger partial charge in [-0.05, 0) is 50.5 Å². The number of benzene rings is 1. The Kier molecular flexibility index (Phi) is 6.36. The van der Waals surface area contributed by atoms with Gasteiger partial charge in [0.25, 0.3) is 0 Å². The molecule has 180 valence electrons. The van der Waals surface area contributed by atoms with Crippen molar-refractivity contribution < 1.29 is 9.13 Å². The highest BCUT2D eigenvalue weighted by Crippen LogP contribution is 2.36. The molecular formula is C25H32FN7O. The van der Waals surface area contributed by atoms with Crippen molar-refractivity contribution in [2.45, 2.75) is 39.2 Å². The van der Waals surface area contributed by atoms with Gasteiger partial charge in [-0.25, -0.2) is 19.3 Å². The summed E-state index contributed by atoms with van der Waals surface area (Å²) in [6, 6.07) is 5.23. The lowest BCUT2D eigenvalue weighted by Crippen LogP contribution is -2.44. The van der Waals surface area contributed by atoms with E-state index in [1.165, 1.54) is 12.4 Å². The van der Waals surface area contributed by atoms with Crippen LogP contribution in [0.1, 0.15) is 37.1 Å². The molecule has 9 heteroatoms. The number of hydrogen-bond acceptors (Lipinski definition) is 7. The largest absolute Gasteiger partial charge is 0.487 e. The number of halogens is 1. The second kappa shape index (κ2) is 9.58. The minimum absolute atomic E-state index is 0.187. The molecule has 3 aromatic rings. The first kappa shape index (κ1) is 22.6. The Bertz CT molecular complexity index is 1150. The third kappa shape index (κ3) is 4.44. The maximum Gasteiger partial charge on any atom is 0.204 e. The van der Waals surface area contributed by atoms with Gasteiger partial charge in [-0.3, -0.25) is 0 Å². The molecule has 0 unspecified atom stereocenters. The van der Waals surface area contributed by atoms with Crippen molar-refractivity contribution in [3.8, 4) is 17.0 Å². The Morgan fingerprint density at radius 3 is 2.68 bits per heavy atom. The van der Waals surface area contributed by atoms with Crippen molar-refractivity contribution in [3.05, 3.63) is 47.9 Å². The summed E-state index contributed by atoms with van der Waals surface area (Å²) in [6.45, 7) is 8.94. The molecule has 2 aromatic heterocycles. The first-order valence-electron chi connectivity index (χ1n) is 12.1. The van der Waals surface area contributed by atoms with Crippen molar-refractivity contribution >= 4 is 11.6 Å². The van der Waals surface area contributed by atoms with Gasteiger partial charge in [-0.2, -0.15) is 0 Å². The monoisotopic (exact) mass is 465 g/mol. The van der Waals surface area contributed by atoms with Crippen LogP contribution in [0.5, 0.6) is 5.75 Å². The number of nitrogens with two attached hydrogens (primary N) is 1. The predicted octanol–water partition coefficient (Wildman–Crippen LogP) is 3.37. The predicted molar refractivity (Wildman–Crippen MR) is 131 cm³/mol. The minimum atomic E-state index is -0.187. The third-order valence-corrected chi connectivity index (χ3v) is 6.84. The molecule has 1 aromatic carbocycles. The fraction of sp³-hybridized carbons (Fsp3) is 0.480. The van der Waals surface area contributed by atoms with Gasteiger partial charge in [-0.15, -0.1) is 0 Å². The number of nitrogens with zero attached hydrogens (tertiary/aromatic N) is 5. The maximum atomic E-state index is 13.8. The molecule has 0 saturated carbocycles. The Morgan fingerprint density at radius 2 is 2.00 bits per heavy atom. The molecule has 3 N–H and O–H groups in total. The molecule has 5 rings (SSSR count). The molecule has 4 heterocycles. The summed E-state index contributed by atoms with van der Waals surface area (Å²) in [6.07, 6.45) is 5.55. The average molecular weight is 466 g/mol. The second-order valence-electron chi connectivity index (χ2n) is 9.23. The fourth-order valence-electron chi connectivity index (χ4n) is 4.84. The van der Waals surface area contributed by atoms with Crippen LogP contribution in [0.4, 0.5) is 16.0 Å². The highest BCUT2D eigenvalue weighted by atomic mass is 19.1. The molecule has 2 fully saturated rings. The van der Waals surface area contributed by atoms with Gasteiger partial charge in [0.05, 0.1) is 12.3 Å². The van der Waals surface area contributed by atoms with Gasteiger partial charge >= 0.3 is 0 Å². The molecule has 0 aliphatic carbocycles. The van der Waals surface area contributed by atoms with Crippen LogP contribution in [0.15, 0.2) is 30.7 Å². The van der Waals surface area contributed by atoms with Crippen molar-refractivity contribution in [1.82, 2.24) is 24.8 Å². The Labute approximate surface area is 199 Å². The van der Waals surface area contributed by atoms with Crippen LogP contribution in [0, 0.1) is 18.7 Å². The summed E-state index contributed by atoms with van der Waals surface area (Å²) in [5.41, 5.74) is 8.56. The summed E-state index contributed by atoms with van der Waals surface area (Å²) in [4.78, 5) is 15.9. The lowest BCUT2D eigenvalue weighted by atomic mass is 9.95. The van der Waals surface area contributed by atoms with E-state index >= 15 is 0 Å². The van der Waals surface area contributed by atoms with Crippen LogP contribution in [0.2, 0.25) is 0 Å². The van der Waals surface area contributed by atoms with Crippen LogP contribution < -0.4 is 20.7 Å². The molecule has 2 aliphatic heterocycles. The second-order valence-corrected chi connectivity index (χ2v) is 9.23. The zero-order valence-electron chi connectivity index (χ0n) is 19.8. The van der Waals surface area contributed by atoms with E-state index in [0.29, 0.717) is 35.6 Å². The zero-order chi connectivity index (χ0) is 23.7. The van der Waals surface area contributed by atoms with E-state index in [4.69, 9.17) is 15.5 Å². The molecule has 2 aliphatic rings. The summed E-state index contributed by atoms with van der Waals surface area (Å²) in [5.74, 6) is 3.60. The van der Waals surface area contributed by atoms with E-state index in [1.807, 2.05) is 19.1 Å². The van der Waals surface area contributed by atoms with Crippen molar-refractivity contribution in [3.63, 3.8) is 0 Å². The number of piperidine rings is 1. The number of rotatable bonds is 7. The minimum Gasteiger partial charge on any atom is -0.487 e. The molecule has 0 amide bonds. The molecule has 0 atom stereocenters. The summed E-state index contributed by atoms with van der Waals surface area (Å²) in [7, 11) is 0. The molecule has 0 spiro atoms. The number of nitrogens with one attached hydrogen (secondary N) is 1. The van der Waals surface area contributed by atoms with Crippen LogP contribution in [-0.4, -0.2) is 52.3 Å². The Balaban J connectivity index is 1.38. The van der Waals surface area contributed by atoms with Crippen molar-refractivity contribution in [2.24, 2.45) is 5.92 Å². The number of aromatic nitrogens is 4. The normalized spacial score (nSPS) is 17.1. The first-order chi connectivity index (χ1) is 16.5. The lowest BCUT2D eigenvalue weighted by molar-refractivity contribution is 0.298. The number of nitrogen functional groups attached to an aromatic ring is 1. The van der Waals surface area contributed by atoms with Gasteiger partial charge in [0, 0.05) is 56.3 Å². The Morgan fingerprint density at radius 1 is 1.21 bits per heavy atom. The number of aryl methyl sites for hydroxylation is 1. The van der Waals surface area contributed by atoms with Gasteiger partial charge < -0.3 is 25.3 Å². The van der Waals surface area contributed by atoms with E-state index in [9.17, 15) is 4.39 Å². The van der Waals surface area contributed by atoms with Crippen LogP contribution in [-0.2, 0) is 6.54 Å². The lowest BCUT2D eigenvalue weighted by Gasteiger charge is -2.34. The van der Waals surface area contributed by atoms with E-state index in [2.05, 4.69) is 30.9 Å². The molecule has 0 bridgehead atoms. The molecule has 2 saturated heterocycles. The standard InChI is InChI=1S/C25H32FN7O/c1-3-34-22-23(27)29-15-30-25(22)32-8-6-18(7-9-32)24-31-21(14-33(24)13-17-11-28-12-17)19-4-5-20(26)16(2)10-19/h4-5,10,14-15,17-18,28H,3,6-9,11-13H2,1-2H3,(H2,27,29,30). The highest BCUT2D eigenvalue weighted by Gasteiger charge is 2.29. The number of anilines is 2. The first-order valence-corrected chi connectivity index (χ1v) is 12.1. The number of ether oxygens (including phenoxy) is 1. The van der Waals surface area contributed by atoms with Crippen LogP contribution in [0.25, 0.3) is 11.3 Å². The average Bonchev–Trinajstić information content (AvgIpc) is 3.24. The van der Waals surface area contributed by atoms with Gasteiger partial charge in [0.2, 0.25) is 5.75 Å². The van der Waals surface area contributed by atoms with E-state index < -0.39 is 0 Å². The van der Waals surface area contributed by atoms with Gasteiger partial charge in [0.15, 0.2) is 11.6 Å². The maximum absolute atomic E-state index is 13.8. The van der Waals surface area contributed by atoms with Crippen LogP contribution in [0.3, 0.4) is 0 Å². The fourth-order valence-corrected chi connectivity index (χ4v) is 4.84. The summed E-state index contributed by atoms with van der Waals surface area (Å²) < 4.78 is 21.9. The smallest absolute Gasteiger partial charge is 0.204 e. The van der Waals surface area contributed by atoms with E-state index in [0.717, 1.165) is 68.5 Å². The van der Waals surface area contributed by atoms with E-state index in [1.54, 1.807) is 6.92 Å².